The maximum Gasteiger partial charge on any atom is 0.0668 e. The molecule has 1 aliphatic rings. The number of nitrogens with one attached hydrogen (secondary N) is 1. The fourth-order valence-corrected chi connectivity index (χ4v) is 2.28. The number of benzene rings is 1. The molecule has 0 radical (unpaired) electrons. The van der Waals surface area contributed by atoms with Crippen LogP contribution < -0.4 is 5.32 Å². The number of hydrogen-bond donors (Lipinski definition) is 1. The van der Waals surface area contributed by atoms with Crippen LogP contribution in [0.25, 0.3) is 0 Å². The normalized spacial score (nSPS) is 20.0. The predicted molar refractivity (Wildman–Crippen MR) is 68.0 cm³/mol. The van der Waals surface area contributed by atoms with E-state index < -0.39 is 0 Å². The summed E-state index contributed by atoms with van der Waals surface area (Å²) in [6.45, 7) is 6.17. The van der Waals surface area contributed by atoms with Crippen molar-refractivity contribution in [2.45, 2.75) is 39.2 Å². The van der Waals surface area contributed by atoms with Gasteiger partial charge in [-0.05, 0) is 30.4 Å². The summed E-state index contributed by atoms with van der Waals surface area (Å²) in [5.41, 5.74) is 4.19. The average molecular weight is 219 g/mol. The molecule has 0 aliphatic carbocycles. The summed E-state index contributed by atoms with van der Waals surface area (Å²) in [7, 11) is 0. The van der Waals surface area contributed by atoms with E-state index >= 15 is 0 Å². The van der Waals surface area contributed by atoms with Crippen LogP contribution >= 0.6 is 0 Å². The lowest BCUT2D eigenvalue weighted by Gasteiger charge is -2.19. The lowest BCUT2D eigenvalue weighted by atomic mass is 10.0. The zero-order valence-electron chi connectivity index (χ0n) is 10.3. The molecule has 1 fully saturated rings. The average Bonchev–Trinajstić information content (AvgIpc) is 2.82. The Balaban J connectivity index is 2.21. The summed E-state index contributed by atoms with van der Waals surface area (Å²) >= 11 is 0. The van der Waals surface area contributed by atoms with Crippen LogP contribution in [0, 0.1) is 0 Å². The minimum atomic E-state index is 0.498. The largest absolute Gasteiger partial charge is 0.379 e. The molecule has 1 aromatic carbocycles. The first-order valence-electron chi connectivity index (χ1n) is 6.30. The Labute approximate surface area is 98.0 Å². The summed E-state index contributed by atoms with van der Waals surface area (Å²) in [6.07, 6.45) is 3.30. The van der Waals surface area contributed by atoms with Crippen LogP contribution in [0.3, 0.4) is 0 Å². The molecule has 16 heavy (non-hydrogen) atoms. The molecule has 2 heteroatoms. The third-order valence-corrected chi connectivity index (χ3v) is 3.28. The summed E-state index contributed by atoms with van der Waals surface area (Å²) in [6, 6.07) is 7.10. The van der Waals surface area contributed by atoms with E-state index in [-0.39, 0.29) is 0 Å². The van der Waals surface area contributed by atoms with Gasteiger partial charge in [0.15, 0.2) is 0 Å². The van der Waals surface area contributed by atoms with Crippen molar-refractivity contribution in [3.63, 3.8) is 0 Å². The second-order valence-corrected chi connectivity index (χ2v) is 4.36. The van der Waals surface area contributed by atoms with E-state index in [1.165, 1.54) is 16.8 Å². The number of para-hydroxylation sites is 1. The monoisotopic (exact) mass is 219 g/mol. The molecule has 1 saturated heterocycles. The predicted octanol–water partition coefficient (Wildman–Crippen LogP) is 3.01. The molecule has 2 nitrogen and oxygen atoms in total. The minimum Gasteiger partial charge on any atom is -0.379 e. The van der Waals surface area contributed by atoms with Gasteiger partial charge >= 0.3 is 0 Å². The standard InChI is InChI=1S/C14H21NO/c1-3-11-6-5-7-12(4-2)14(11)15-13-8-9-16-10-13/h5-7,13,15H,3-4,8-10H2,1-2H3. The van der Waals surface area contributed by atoms with Crippen LogP contribution in [0.15, 0.2) is 18.2 Å². The Bertz CT molecular complexity index is 320. The maximum absolute atomic E-state index is 5.41. The first-order valence-corrected chi connectivity index (χ1v) is 6.30. The molecule has 2 rings (SSSR count). The highest BCUT2D eigenvalue weighted by molar-refractivity contribution is 5.58. The van der Waals surface area contributed by atoms with Crippen LogP contribution in [0.5, 0.6) is 0 Å². The van der Waals surface area contributed by atoms with Crippen LogP contribution in [-0.2, 0) is 17.6 Å². The molecule has 88 valence electrons. The van der Waals surface area contributed by atoms with Gasteiger partial charge in [0.25, 0.3) is 0 Å². The second kappa shape index (κ2) is 5.35. The Morgan fingerprint density at radius 2 is 1.94 bits per heavy atom. The van der Waals surface area contributed by atoms with Gasteiger partial charge in [0.2, 0.25) is 0 Å². The lowest BCUT2D eigenvalue weighted by molar-refractivity contribution is 0.195. The van der Waals surface area contributed by atoms with Gasteiger partial charge in [0.05, 0.1) is 12.6 Å². The van der Waals surface area contributed by atoms with Crippen molar-refractivity contribution in [2.24, 2.45) is 0 Å². The van der Waals surface area contributed by atoms with Crippen molar-refractivity contribution >= 4 is 5.69 Å². The third kappa shape index (κ3) is 2.38. The highest BCUT2D eigenvalue weighted by Crippen LogP contribution is 2.24. The van der Waals surface area contributed by atoms with Gasteiger partial charge in [-0.2, -0.15) is 0 Å². The Hall–Kier alpha value is -1.02. The van der Waals surface area contributed by atoms with Crippen LogP contribution in [0.1, 0.15) is 31.4 Å². The topological polar surface area (TPSA) is 21.3 Å². The maximum atomic E-state index is 5.41. The zero-order chi connectivity index (χ0) is 11.4. The van der Waals surface area contributed by atoms with Gasteiger partial charge in [0.1, 0.15) is 0 Å². The second-order valence-electron chi connectivity index (χ2n) is 4.36. The van der Waals surface area contributed by atoms with Gasteiger partial charge in [0, 0.05) is 12.3 Å². The fourth-order valence-electron chi connectivity index (χ4n) is 2.28. The summed E-state index contributed by atoms with van der Waals surface area (Å²) < 4.78 is 5.41. The molecule has 0 spiro atoms. The molecule has 0 bridgehead atoms. The van der Waals surface area contributed by atoms with Gasteiger partial charge < -0.3 is 10.1 Å². The number of ether oxygens (including phenoxy) is 1. The highest BCUT2D eigenvalue weighted by Gasteiger charge is 2.17. The van der Waals surface area contributed by atoms with E-state index in [9.17, 15) is 0 Å². The van der Waals surface area contributed by atoms with E-state index in [0.717, 1.165) is 32.5 Å². The molecular formula is C14H21NO. The summed E-state index contributed by atoms with van der Waals surface area (Å²) in [5, 5.41) is 3.65. The molecular weight excluding hydrogens is 198 g/mol. The van der Waals surface area contributed by atoms with Crippen molar-refractivity contribution in [2.75, 3.05) is 18.5 Å². The summed E-state index contributed by atoms with van der Waals surface area (Å²) in [5.74, 6) is 0. The first kappa shape index (κ1) is 11.5. The van der Waals surface area contributed by atoms with Crippen LogP contribution in [-0.4, -0.2) is 19.3 Å². The van der Waals surface area contributed by atoms with Gasteiger partial charge in [-0.3, -0.25) is 0 Å². The van der Waals surface area contributed by atoms with E-state index in [1.807, 2.05) is 0 Å². The number of rotatable bonds is 4. The van der Waals surface area contributed by atoms with E-state index in [4.69, 9.17) is 4.74 Å². The number of hydrogen-bond acceptors (Lipinski definition) is 2. The van der Waals surface area contributed by atoms with Gasteiger partial charge in [-0.25, -0.2) is 0 Å². The minimum absolute atomic E-state index is 0.498. The zero-order valence-corrected chi connectivity index (χ0v) is 10.3. The third-order valence-electron chi connectivity index (χ3n) is 3.28. The molecule has 1 atom stereocenters. The SMILES string of the molecule is CCc1cccc(CC)c1NC1CCOC1. The van der Waals surface area contributed by atoms with Crippen molar-refractivity contribution in [3.05, 3.63) is 29.3 Å². The van der Waals surface area contributed by atoms with Gasteiger partial charge in [-0.1, -0.05) is 32.0 Å². The first-order chi connectivity index (χ1) is 7.85. The van der Waals surface area contributed by atoms with Crippen molar-refractivity contribution in [1.82, 2.24) is 0 Å². The highest BCUT2D eigenvalue weighted by atomic mass is 16.5. The Kier molecular flexibility index (Phi) is 3.83. The quantitative estimate of drug-likeness (QED) is 0.840. The number of aryl methyl sites for hydroxylation is 2. The van der Waals surface area contributed by atoms with Crippen molar-refractivity contribution < 1.29 is 4.74 Å². The molecule has 0 amide bonds. The smallest absolute Gasteiger partial charge is 0.0668 e. The van der Waals surface area contributed by atoms with Crippen LogP contribution in [0.2, 0.25) is 0 Å². The van der Waals surface area contributed by atoms with E-state index in [1.54, 1.807) is 0 Å². The van der Waals surface area contributed by atoms with E-state index in [0.29, 0.717) is 6.04 Å². The molecule has 1 aliphatic heterocycles. The fraction of sp³-hybridized carbons (Fsp3) is 0.571. The van der Waals surface area contributed by atoms with Gasteiger partial charge in [-0.15, -0.1) is 0 Å². The molecule has 0 saturated carbocycles. The molecule has 1 heterocycles. The lowest BCUT2D eigenvalue weighted by Crippen LogP contribution is -2.20. The van der Waals surface area contributed by atoms with Crippen molar-refractivity contribution in [1.29, 1.82) is 0 Å². The number of anilines is 1. The Morgan fingerprint density at radius 3 is 2.44 bits per heavy atom. The Morgan fingerprint density at radius 1 is 1.25 bits per heavy atom. The molecule has 1 N–H and O–H groups in total. The molecule has 1 aromatic rings. The van der Waals surface area contributed by atoms with Crippen molar-refractivity contribution in [3.8, 4) is 0 Å². The molecule has 0 aromatic heterocycles. The molecule has 1 unspecified atom stereocenters. The summed E-state index contributed by atoms with van der Waals surface area (Å²) in [4.78, 5) is 0. The van der Waals surface area contributed by atoms with Crippen LogP contribution in [0.4, 0.5) is 5.69 Å². The van der Waals surface area contributed by atoms with E-state index in [2.05, 4.69) is 37.4 Å².